The van der Waals surface area contributed by atoms with Gasteiger partial charge in [-0.25, -0.2) is 0 Å². The molecule has 34 heavy (non-hydrogen) atoms. The first-order valence-corrected chi connectivity index (χ1v) is 12.5. The van der Waals surface area contributed by atoms with Crippen LogP contribution < -0.4 is 0 Å². The van der Waals surface area contributed by atoms with E-state index in [-0.39, 0.29) is 30.4 Å². The number of piperidine rings is 1. The summed E-state index contributed by atoms with van der Waals surface area (Å²) in [5.74, 6) is 0.519. The average Bonchev–Trinajstić information content (AvgIpc) is 3.32. The molecule has 178 valence electrons. The van der Waals surface area contributed by atoms with Gasteiger partial charge < -0.3 is 14.3 Å². The molecule has 1 aromatic heterocycles. The van der Waals surface area contributed by atoms with Gasteiger partial charge in [0, 0.05) is 33.2 Å². The molecule has 1 fully saturated rings. The third-order valence-corrected chi connectivity index (χ3v) is 6.62. The molecule has 7 nitrogen and oxygen atoms in total. The lowest BCUT2D eigenvalue weighted by molar-refractivity contribution is -0.136. The van der Waals surface area contributed by atoms with Crippen LogP contribution in [-0.2, 0) is 4.79 Å². The Morgan fingerprint density at radius 2 is 2.00 bits per heavy atom. The van der Waals surface area contributed by atoms with Crippen molar-refractivity contribution in [2.24, 2.45) is 0 Å². The number of likely N-dealkylation sites (tertiary alicyclic amines) is 1. The quantitative estimate of drug-likeness (QED) is 0.394. The molecule has 0 N–H and O–H groups in total. The van der Waals surface area contributed by atoms with Crippen LogP contribution in [0.1, 0.15) is 55.4 Å². The Morgan fingerprint density at radius 3 is 2.74 bits per heavy atom. The van der Waals surface area contributed by atoms with E-state index in [9.17, 15) is 9.59 Å². The lowest BCUT2D eigenvalue weighted by atomic mass is 10.0. The summed E-state index contributed by atoms with van der Waals surface area (Å²) in [4.78, 5) is 34.5. The maximum absolute atomic E-state index is 13.4. The minimum Gasteiger partial charge on any atom is -0.337 e. The number of hydrogen-bond donors (Lipinski definition) is 0. The summed E-state index contributed by atoms with van der Waals surface area (Å²) >= 11 is 9.50. The number of benzene rings is 2. The molecule has 0 saturated carbocycles. The third kappa shape index (κ3) is 5.50. The standard InChI is InChI=1S/C25H26BrClN4O3/c1-16(2)31(25(33)18-8-5-9-19(26)13-18)15-22(32)30-12-4-3-11-21(30)24-28-23(29-34-24)17-7-6-10-20(27)14-17/h5-10,13-14,16,21H,3-4,11-12,15H2,1-2H3. The van der Waals surface area contributed by atoms with E-state index in [0.717, 1.165) is 29.3 Å². The summed E-state index contributed by atoms with van der Waals surface area (Å²) in [6, 6.07) is 14.0. The number of aromatic nitrogens is 2. The van der Waals surface area contributed by atoms with Crippen LogP contribution >= 0.6 is 27.5 Å². The highest BCUT2D eigenvalue weighted by atomic mass is 79.9. The number of amides is 2. The molecule has 2 heterocycles. The van der Waals surface area contributed by atoms with Crippen molar-refractivity contribution in [1.82, 2.24) is 19.9 Å². The Balaban J connectivity index is 1.53. The average molecular weight is 546 g/mol. The molecule has 2 aromatic carbocycles. The van der Waals surface area contributed by atoms with Crippen LogP contribution in [0.25, 0.3) is 11.4 Å². The lowest BCUT2D eigenvalue weighted by Crippen LogP contribution is -2.48. The van der Waals surface area contributed by atoms with Gasteiger partial charge in [0.25, 0.3) is 5.91 Å². The number of carbonyl (C=O) groups is 2. The second kappa shape index (κ2) is 10.7. The molecular weight excluding hydrogens is 520 g/mol. The van der Waals surface area contributed by atoms with E-state index >= 15 is 0 Å². The Kier molecular flexibility index (Phi) is 7.68. The smallest absolute Gasteiger partial charge is 0.254 e. The summed E-state index contributed by atoms with van der Waals surface area (Å²) in [6.45, 7) is 4.38. The Hall–Kier alpha value is -2.71. The molecule has 0 spiro atoms. The van der Waals surface area contributed by atoms with Crippen LogP contribution in [0.5, 0.6) is 0 Å². The summed E-state index contributed by atoms with van der Waals surface area (Å²) < 4.78 is 6.39. The molecule has 4 rings (SSSR count). The van der Waals surface area contributed by atoms with Gasteiger partial charge in [-0.15, -0.1) is 0 Å². The van der Waals surface area contributed by atoms with E-state index in [2.05, 4.69) is 26.1 Å². The van der Waals surface area contributed by atoms with E-state index in [0.29, 0.717) is 28.8 Å². The first-order valence-electron chi connectivity index (χ1n) is 11.3. The summed E-state index contributed by atoms with van der Waals surface area (Å²) in [7, 11) is 0. The van der Waals surface area contributed by atoms with Crippen molar-refractivity contribution in [2.75, 3.05) is 13.1 Å². The van der Waals surface area contributed by atoms with Crippen LogP contribution in [0.2, 0.25) is 5.02 Å². The van der Waals surface area contributed by atoms with E-state index in [1.165, 1.54) is 0 Å². The van der Waals surface area contributed by atoms with Gasteiger partial charge in [0.1, 0.15) is 12.6 Å². The molecule has 1 saturated heterocycles. The predicted molar refractivity (Wildman–Crippen MR) is 133 cm³/mol. The summed E-state index contributed by atoms with van der Waals surface area (Å²) in [5.41, 5.74) is 1.29. The zero-order chi connectivity index (χ0) is 24.2. The van der Waals surface area contributed by atoms with Gasteiger partial charge in [-0.2, -0.15) is 4.98 Å². The molecule has 3 aromatic rings. The molecule has 0 radical (unpaired) electrons. The number of rotatable bonds is 6. The van der Waals surface area contributed by atoms with Crippen molar-refractivity contribution in [3.05, 3.63) is 69.5 Å². The van der Waals surface area contributed by atoms with Gasteiger partial charge in [0.15, 0.2) is 0 Å². The number of carbonyl (C=O) groups excluding carboxylic acids is 2. The van der Waals surface area contributed by atoms with Crippen LogP contribution in [0.4, 0.5) is 0 Å². The van der Waals surface area contributed by atoms with Crippen LogP contribution in [0.3, 0.4) is 0 Å². The van der Waals surface area contributed by atoms with Gasteiger partial charge in [-0.05, 0) is 63.4 Å². The SMILES string of the molecule is CC(C)N(CC(=O)N1CCCCC1c1nc(-c2cccc(Cl)c2)no1)C(=O)c1cccc(Br)c1. The topological polar surface area (TPSA) is 79.5 Å². The highest BCUT2D eigenvalue weighted by Gasteiger charge is 2.34. The van der Waals surface area contributed by atoms with E-state index < -0.39 is 0 Å². The molecule has 0 bridgehead atoms. The van der Waals surface area contributed by atoms with Gasteiger partial charge in [0.05, 0.1) is 0 Å². The minimum absolute atomic E-state index is 0.0190. The van der Waals surface area contributed by atoms with Crippen molar-refractivity contribution in [1.29, 1.82) is 0 Å². The van der Waals surface area contributed by atoms with Crippen LogP contribution in [-0.4, -0.2) is 50.9 Å². The van der Waals surface area contributed by atoms with Crippen molar-refractivity contribution < 1.29 is 14.1 Å². The van der Waals surface area contributed by atoms with Gasteiger partial charge in [0.2, 0.25) is 17.6 Å². The Labute approximate surface area is 212 Å². The fourth-order valence-corrected chi connectivity index (χ4v) is 4.70. The molecule has 1 aliphatic rings. The number of halogens is 2. The van der Waals surface area contributed by atoms with Crippen molar-refractivity contribution in [2.45, 2.75) is 45.2 Å². The predicted octanol–water partition coefficient (Wildman–Crippen LogP) is 5.76. The molecule has 1 unspecified atom stereocenters. The monoisotopic (exact) mass is 544 g/mol. The Morgan fingerprint density at radius 1 is 1.21 bits per heavy atom. The number of nitrogens with zero attached hydrogens (tertiary/aromatic N) is 4. The summed E-state index contributed by atoms with van der Waals surface area (Å²) in [6.07, 6.45) is 2.57. The van der Waals surface area contributed by atoms with E-state index in [1.54, 1.807) is 34.1 Å². The summed E-state index contributed by atoms with van der Waals surface area (Å²) in [5, 5.41) is 4.70. The first kappa shape index (κ1) is 24.4. The van der Waals surface area contributed by atoms with Crippen molar-refractivity contribution in [3.63, 3.8) is 0 Å². The zero-order valence-corrected chi connectivity index (χ0v) is 21.4. The Bertz CT molecular complexity index is 1180. The number of hydrogen-bond acceptors (Lipinski definition) is 5. The minimum atomic E-state index is -0.323. The highest BCUT2D eigenvalue weighted by Crippen LogP contribution is 2.32. The van der Waals surface area contributed by atoms with Crippen molar-refractivity contribution in [3.8, 4) is 11.4 Å². The first-order chi connectivity index (χ1) is 16.3. The largest absolute Gasteiger partial charge is 0.337 e. The molecule has 1 aliphatic heterocycles. The normalized spacial score (nSPS) is 16.0. The lowest BCUT2D eigenvalue weighted by Gasteiger charge is -2.36. The molecule has 1 atom stereocenters. The van der Waals surface area contributed by atoms with Gasteiger partial charge >= 0.3 is 0 Å². The van der Waals surface area contributed by atoms with Crippen LogP contribution in [0.15, 0.2) is 57.5 Å². The second-order valence-electron chi connectivity index (χ2n) is 8.60. The van der Waals surface area contributed by atoms with E-state index in [1.807, 2.05) is 38.1 Å². The van der Waals surface area contributed by atoms with Crippen LogP contribution in [0, 0.1) is 0 Å². The van der Waals surface area contributed by atoms with Gasteiger partial charge in [-0.3, -0.25) is 9.59 Å². The fourth-order valence-electron chi connectivity index (χ4n) is 4.11. The van der Waals surface area contributed by atoms with Gasteiger partial charge in [-0.1, -0.05) is 50.9 Å². The molecule has 2 amide bonds. The molecular formula is C25H26BrClN4O3. The highest BCUT2D eigenvalue weighted by molar-refractivity contribution is 9.10. The molecule has 9 heteroatoms. The fraction of sp³-hybridized carbons (Fsp3) is 0.360. The van der Waals surface area contributed by atoms with Crippen molar-refractivity contribution >= 4 is 39.3 Å². The molecule has 0 aliphatic carbocycles. The maximum Gasteiger partial charge on any atom is 0.254 e. The third-order valence-electron chi connectivity index (χ3n) is 5.89. The maximum atomic E-state index is 13.4. The second-order valence-corrected chi connectivity index (χ2v) is 9.95. The van der Waals surface area contributed by atoms with E-state index in [4.69, 9.17) is 16.1 Å². The zero-order valence-electron chi connectivity index (χ0n) is 19.1.